The summed E-state index contributed by atoms with van der Waals surface area (Å²) in [5.41, 5.74) is 2.21. The first-order valence-corrected chi connectivity index (χ1v) is 7.73. The van der Waals surface area contributed by atoms with Crippen molar-refractivity contribution in [2.75, 3.05) is 18.0 Å². The van der Waals surface area contributed by atoms with Gasteiger partial charge in [0.1, 0.15) is 11.6 Å². The number of rotatable bonds is 3. The first-order valence-electron chi connectivity index (χ1n) is 7.73. The van der Waals surface area contributed by atoms with E-state index in [-0.39, 0.29) is 11.7 Å². The highest BCUT2D eigenvalue weighted by Gasteiger charge is 2.31. The second kappa shape index (κ2) is 5.55. The summed E-state index contributed by atoms with van der Waals surface area (Å²) in [7, 11) is 0. The first-order chi connectivity index (χ1) is 9.67. The Balaban J connectivity index is 1.73. The second-order valence-electron chi connectivity index (χ2n) is 6.18. The Bertz CT molecular complexity index is 514. The van der Waals surface area contributed by atoms with Crippen LogP contribution in [-0.4, -0.2) is 18.9 Å². The molecule has 20 heavy (non-hydrogen) atoms. The quantitative estimate of drug-likeness (QED) is 0.840. The molecule has 0 radical (unpaired) electrons. The topological polar surface area (TPSA) is 20.3 Å². The molecule has 1 aliphatic carbocycles. The lowest BCUT2D eigenvalue weighted by atomic mass is 9.79. The Hall–Kier alpha value is -1.38. The van der Waals surface area contributed by atoms with E-state index in [1.54, 1.807) is 6.07 Å². The number of anilines is 1. The van der Waals surface area contributed by atoms with Crippen LogP contribution in [0.5, 0.6) is 0 Å². The normalized spacial score (nSPS) is 25.9. The minimum Gasteiger partial charge on any atom is -0.370 e. The minimum absolute atomic E-state index is 0.142. The summed E-state index contributed by atoms with van der Waals surface area (Å²) in [6.45, 7) is 3.89. The number of Topliss-reactive ketones (excluding diaryl/α,β-unsaturated/α-hetero) is 1. The molecule has 2 nitrogen and oxygen atoms in total. The number of halogens is 1. The molecular formula is C17H22FNO. The van der Waals surface area contributed by atoms with E-state index in [2.05, 4.69) is 11.8 Å². The highest BCUT2D eigenvalue weighted by Crippen LogP contribution is 2.33. The van der Waals surface area contributed by atoms with Gasteiger partial charge in [-0.25, -0.2) is 4.39 Å². The summed E-state index contributed by atoms with van der Waals surface area (Å²) in [5, 5.41) is 0. The Morgan fingerprint density at radius 3 is 3.00 bits per heavy atom. The molecule has 3 heteroatoms. The predicted octanol–water partition coefficient (Wildman–Crippen LogP) is 3.58. The molecule has 0 amide bonds. The lowest BCUT2D eigenvalue weighted by Crippen LogP contribution is -2.36. The van der Waals surface area contributed by atoms with Crippen LogP contribution < -0.4 is 4.90 Å². The third-order valence-electron chi connectivity index (χ3n) is 4.93. The van der Waals surface area contributed by atoms with Gasteiger partial charge in [-0.05, 0) is 42.9 Å². The monoisotopic (exact) mass is 275 g/mol. The van der Waals surface area contributed by atoms with Gasteiger partial charge < -0.3 is 4.90 Å². The van der Waals surface area contributed by atoms with E-state index in [1.807, 2.05) is 6.07 Å². The van der Waals surface area contributed by atoms with Gasteiger partial charge in [0.15, 0.2) is 0 Å². The maximum atomic E-state index is 13.4. The van der Waals surface area contributed by atoms with Crippen molar-refractivity contribution in [3.8, 4) is 0 Å². The Morgan fingerprint density at radius 1 is 1.35 bits per heavy atom. The summed E-state index contributed by atoms with van der Waals surface area (Å²) in [6.07, 6.45) is 4.92. The Labute approximate surface area is 120 Å². The molecule has 0 spiro atoms. The van der Waals surface area contributed by atoms with Crippen LogP contribution in [0.15, 0.2) is 18.2 Å². The lowest BCUT2D eigenvalue weighted by Gasteiger charge is -2.31. The van der Waals surface area contributed by atoms with Crippen LogP contribution in [0.2, 0.25) is 0 Å². The fourth-order valence-electron chi connectivity index (χ4n) is 3.62. The van der Waals surface area contributed by atoms with Crippen molar-refractivity contribution in [2.24, 2.45) is 11.8 Å². The van der Waals surface area contributed by atoms with Crippen molar-refractivity contribution in [1.82, 2.24) is 0 Å². The average Bonchev–Trinajstić information content (AvgIpc) is 2.84. The second-order valence-corrected chi connectivity index (χ2v) is 6.18. The molecule has 1 saturated carbocycles. The number of fused-ring (bicyclic) bond motifs is 1. The van der Waals surface area contributed by atoms with Crippen LogP contribution in [0, 0.1) is 17.7 Å². The zero-order valence-electron chi connectivity index (χ0n) is 12.1. The molecule has 3 rings (SSSR count). The van der Waals surface area contributed by atoms with Crippen molar-refractivity contribution in [2.45, 2.75) is 39.0 Å². The number of carbonyl (C=O) groups excluding carboxylic acids is 1. The van der Waals surface area contributed by atoms with Crippen molar-refractivity contribution in [1.29, 1.82) is 0 Å². The average molecular weight is 275 g/mol. The van der Waals surface area contributed by atoms with E-state index < -0.39 is 0 Å². The minimum atomic E-state index is -0.183. The van der Waals surface area contributed by atoms with E-state index in [1.165, 1.54) is 11.6 Å². The maximum absolute atomic E-state index is 13.4. The third-order valence-corrected chi connectivity index (χ3v) is 4.93. The Kier molecular flexibility index (Phi) is 3.77. The molecular weight excluding hydrogens is 253 g/mol. The van der Waals surface area contributed by atoms with Gasteiger partial charge in [0.05, 0.1) is 0 Å². The van der Waals surface area contributed by atoms with Gasteiger partial charge in [-0.3, -0.25) is 4.79 Å². The highest BCUT2D eigenvalue weighted by molar-refractivity contribution is 5.82. The van der Waals surface area contributed by atoms with Crippen LogP contribution in [0.25, 0.3) is 0 Å². The summed E-state index contributed by atoms with van der Waals surface area (Å²) in [4.78, 5) is 14.3. The fourth-order valence-corrected chi connectivity index (χ4v) is 3.62. The largest absolute Gasteiger partial charge is 0.370 e. The lowest BCUT2D eigenvalue weighted by molar-refractivity contribution is -0.125. The number of nitrogens with zero attached hydrogens (tertiary/aromatic N) is 1. The molecule has 1 aromatic carbocycles. The predicted molar refractivity (Wildman–Crippen MR) is 78.4 cm³/mol. The highest BCUT2D eigenvalue weighted by atomic mass is 19.1. The third kappa shape index (κ3) is 2.58. The van der Waals surface area contributed by atoms with E-state index in [0.29, 0.717) is 11.7 Å². The van der Waals surface area contributed by atoms with Crippen molar-refractivity contribution in [3.05, 3.63) is 29.6 Å². The van der Waals surface area contributed by atoms with Gasteiger partial charge in [0.2, 0.25) is 0 Å². The van der Waals surface area contributed by atoms with Crippen LogP contribution >= 0.6 is 0 Å². The van der Waals surface area contributed by atoms with Gasteiger partial charge in [0, 0.05) is 31.1 Å². The van der Waals surface area contributed by atoms with E-state index in [0.717, 1.165) is 50.9 Å². The van der Waals surface area contributed by atoms with Gasteiger partial charge in [-0.2, -0.15) is 0 Å². The van der Waals surface area contributed by atoms with E-state index >= 15 is 0 Å². The van der Waals surface area contributed by atoms with E-state index in [4.69, 9.17) is 0 Å². The summed E-state index contributed by atoms with van der Waals surface area (Å²) in [6, 6.07) is 5.02. The molecule has 2 unspecified atom stereocenters. The summed E-state index contributed by atoms with van der Waals surface area (Å²) >= 11 is 0. The number of hydrogen-bond donors (Lipinski definition) is 0. The van der Waals surface area contributed by atoms with E-state index in [9.17, 15) is 9.18 Å². The zero-order valence-corrected chi connectivity index (χ0v) is 12.1. The standard InChI is InChI=1S/C17H22FNO/c1-2-12-3-6-17(20)14(9-12)11-19-8-7-13-4-5-15(18)10-16(13)19/h4-5,10,12,14H,2-3,6-9,11H2,1H3. The zero-order chi connectivity index (χ0) is 14.1. The van der Waals surface area contributed by atoms with Crippen molar-refractivity contribution >= 4 is 11.5 Å². The smallest absolute Gasteiger partial charge is 0.137 e. The fraction of sp³-hybridized carbons (Fsp3) is 0.588. The van der Waals surface area contributed by atoms with Crippen LogP contribution in [-0.2, 0) is 11.2 Å². The molecule has 1 heterocycles. The van der Waals surface area contributed by atoms with Crippen LogP contribution in [0.4, 0.5) is 10.1 Å². The van der Waals surface area contributed by atoms with Crippen molar-refractivity contribution < 1.29 is 9.18 Å². The molecule has 1 fully saturated rings. The SMILES string of the molecule is CCC1CCC(=O)C(CN2CCc3ccc(F)cc32)C1. The van der Waals surface area contributed by atoms with Gasteiger partial charge in [-0.1, -0.05) is 19.4 Å². The molecule has 108 valence electrons. The number of hydrogen-bond acceptors (Lipinski definition) is 2. The molecule has 0 N–H and O–H groups in total. The Morgan fingerprint density at radius 2 is 2.20 bits per heavy atom. The number of carbonyl (C=O) groups is 1. The number of benzene rings is 1. The van der Waals surface area contributed by atoms with Crippen LogP contribution in [0.1, 0.15) is 38.2 Å². The van der Waals surface area contributed by atoms with Gasteiger partial charge in [0.25, 0.3) is 0 Å². The number of ketones is 1. The molecule has 0 saturated heterocycles. The molecule has 0 bridgehead atoms. The molecule has 2 aliphatic rings. The summed E-state index contributed by atoms with van der Waals surface area (Å²) < 4.78 is 13.4. The van der Waals surface area contributed by atoms with Gasteiger partial charge in [-0.15, -0.1) is 0 Å². The first kappa shape index (κ1) is 13.6. The summed E-state index contributed by atoms with van der Waals surface area (Å²) in [5.74, 6) is 1.05. The molecule has 0 aromatic heterocycles. The maximum Gasteiger partial charge on any atom is 0.137 e. The molecule has 2 atom stereocenters. The van der Waals surface area contributed by atoms with Crippen molar-refractivity contribution in [3.63, 3.8) is 0 Å². The molecule has 1 aliphatic heterocycles. The van der Waals surface area contributed by atoms with Gasteiger partial charge >= 0.3 is 0 Å². The molecule has 1 aromatic rings. The van der Waals surface area contributed by atoms with Crippen LogP contribution in [0.3, 0.4) is 0 Å².